The minimum absolute atomic E-state index is 0.129. The van der Waals surface area contributed by atoms with Crippen LogP contribution in [0.3, 0.4) is 0 Å². The maximum Gasteiger partial charge on any atom is 0.305 e. The van der Waals surface area contributed by atoms with Crippen LogP contribution < -0.4 is 11.2 Å². The Morgan fingerprint density at radius 3 is 2.29 bits per heavy atom. The number of hydrogen-bond acceptors (Lipinski definition) is 4. The number of hydrogen-bond donors (Lipinski definition) is 3. The quantitative estimate of drug-likeness (QED) is 0.418. The van der Waals surface area contributed by atoms with Gasteiger partial charge in [-0.3, -0.25) is 9.63 Å². The first-order valence-corrected chi connectivity index (χ1v) is 10.4. The van der Waals surface area contributed by atoms with Crippen LogP contribution in [0.5, 0.6) is 0 Å². The van der Waals surface area contributed by atoms with E-state index in [0.717, 1.165) is 11.6 Å². The zero-order valence-electron chi connectivity index (χ0n) is 17.3. The highest BCUT2D eigenvalue weighted by atomic mass is 19.2. The number of halogens is 3. The van der Waals surface area contributed by atoms with Crippen LogP contribution in [0.2, 0.25) is 0 Å². The fourth-order valence-corrected chi connectivity index (χ4v) is 3.30. The van der Waals surface area contributed by atoms with Crippen LogP contribution in [0, 0.1) is 17.5 Å². The molecule has 2 aromatic rings. The lowest BCUT2D eigenvalue weighted by Gasteiger charge is -2.17. The Bertz CT molecular complexity index is 815. The molecule has 1 atom stereocenters. The monoisotopic (exact) mass is 438 g/mol. The maximum atomic E-state index is 13.7. The molecule has 0 unspecified atom stereocenters. The van der Waals surface area contributed by atoms with Crippen molar-refractivity contribution in [3.05, 3.63) is 71.0 Å². The second-order valence-electron chi connectivity index (χ2n) is 7.65. The lowest BCUT2D eigenvalue weighted by molar-refractivity contribution is -0.138. The molecule has 4 N–H and O–H groups in total. The topological polar surface area (TPSA) is 84.6 Å². The predicted octanol–water partition coefficient (Wildman–Crippen LogP) is 4.49. The van der Waals surface area contributed by atoms with Crippen LogP contribution in [0.15, 0.2) is 42.5 Å². The standard InChI is InChI=1S/C17H16F3NO3.C6H13N/c18-14-9-16(20)15(19)7-12(14)6-13(8-17(22)23)21-24-10-11-4-2-1-3-5-11;7-6-4-2-1-3-5-6/h1-5,7,9,13,21H,6,8,10H2,(H,22,23);6H,1-5,7H2/t13-;/m1./s1. The van der Waals surface area contributed by atoms with E-state index in [4.69, 9.17) is 15.7 Å². The first-order chi connectivity index (χ1) is 14.8. The minimum atomic E-state index is -1.29. The number of carboxylic acid groups (broad SMARTS) is 1. The van der Waals surface area contributed by atoms with Gasteiger partial charge in [0.2, 0.25) is 0 Å². The second kappa shape index (κ2) is 13.1. The van der Waals surface area contributed by atoms with E-state index in [-0.39, 0.29) is 25.0 Å². The molecule has 1 aliphatic carbocycles. The lowest BCUT2D eigenvalue weighted by Crippen LogP contribution is -2.33. The minimum Gasteiger partial charge on any atom is -0.481 e. The molecule has 0 radical (unpaired) electrons. The zero-order chi connectivity index (χ0) is 22.6. The third kappa shape index (κ3) is 9.50. The molecule has 5 nitrogen and oxygen atoms in total. The van der Waals surface area contributed by atoms with Crippen LogP contribution in [-0.4, -0.2) is 23.2 Å². The Hall–Kier alpha value is -2.42. The molecule has 0 spiro atoms. The van der Waals surface area contributed by atoms with E-state index < -0.39 is 29.5 Å². The third-order valence-corrected chi connectivity index (χ3v) is 4.96. The summed E-state index contributed by atoms with van der Waals surface area (Å²) in [5.74, 6) is -4.54. The van der Waals surface area contributed by atoms with Crippen molar-refractivity contribution in [1.29, 1.82) is 0 Å². The maximum absolute atomic E-state index is 13.7. The van der Waals surface area contributed by atoms with E-state index in [2.05, 4.69) is 5.48 Å². The van der Waals surface area contributed by atoms with E-state index in [0.29, 0.717) is 12.1 Å². The average Bonchev–Trinajstić information content (AvgIpc) is 2.73. The summed E-state index contributed by atoms with van der Waals surface area (Å²) < 4.78 is 39.9. The normalized spacial score (nSPS) is 15.1. The van der Waals surface area contributed by atoms with Crippen molar-refractivity contribution < 1.29 is 27.9 Å². The smallest absolute Gasteiger partial charge is 0.305 e. The number of nitrogens with two attached hydrogens (primary N) is 1. The van der Waals surface area contributed by atoms with Crippen molar-refractivity contribution in [2.75, 3.05) is 0 Å². The van der Waals surface area contributed by atoms with Crippen molar-refractivity contribution in [2.45, 2.75) is 63.6 Å². The largest absolute Gasteiger partial charge is 0.481 e. The molecule has 1 aliphatic rings. The molecule has 8 heteroatoms. The summed E-state index contributed by atoms with van der Waals surface area (Å²) in [6.45, 7) is 0.178. The molecular weight excluding hydrogens is 409 g/mol. The number of benzene rings is 2. The van der Waals surface area contributed by atoms with Crippen LogP contribution >= 0.6 is 0 Å². The van der Waals surface area contributed by atoms with Gasteiger partial charge in [0.1, 0.15) is 5.82 Å². The SMILES string of the molecule is NC1CCCCC1.O=C(O)C[C@@H](Cc1cc(F)c(F)cc1F)NOCc1ccccc1. The number of rotatable bonds is 8. The van der Waals surface area contributed by atoms with Gasteiger partial charge in [-0.05, 0) is 36.5 Å². The van der Waals surface area contributed by atoms with Gasteiger partial charge in [-0.15, -0.1) is 0 Å². The van der Waals surface area contributed by atoms with E-state index in [1.807, 2.05) is 30.3 Å². The molecule has 170 valence electrons. The Morgan fingerprint density at radius 2 is 1.71 bits per heavy atom. The average molecular weight is 438 g/mol. The molecule has 0 heterocycles. The van der Waals surface area contributed by atoms with Crippen molar-refractivity contribution in [3.8, 4) is 0 Å². The van der Waals surface area contributed by atoms with Crippen LogP contribution in [0.25, 0.3) is 0 Å². The van der Waals surface area contributed by atoms with Crippen molar-refractivity contribution in [3.63, 3.8) is 0 Å². The van der Waals surface area contributed by atoms with Crippen LogP contribution in [0.4, 0.5) is 13.2 Å². The highest BCUT2D eigenvalue weighted by molar-refractivity contribution is 5.67. The molecule has 31 heavy (non-hydrogen) atoms. The number of carbonyl (C=O) groups is 1. The van der Waals surface area contributed by atoms with Gasteiger partial charge in [0.25, 0.3) is 0 Å². The molecule has 1 saturated carbocycles. The number of aliphatic carboxylic acids is 1. The Kier molecular flexibility index (Phi) is 10.5. The summed E-state index contributed by atoms with van der Waals surface area (Å²) in [4.78, 5) is 16.2. The molecule has 0 aliphatic heterocycles. The molecule has 0 saturated heterocycles. The van der Waals surface area contributed by atoms with Crippen LogP contribution in [0.1, 0.15) is 49.7 Å². The van der Waals surface area contributed by atoms with Gasteiger partial charge >= 0.3 is 5.97 Å². The van der Waals surface area contributed by atoms with Gasteiger partial charge in [-0.25, -0.2) is 13.2 Å². The van der Waals surface area contributed by atoms with Gasteiger partial charge in [0, 0.05) is 18.2 Å². The third-order valence-electron chi connectivity index (χ3n) is 4.96. The summed E-state index contributed by atoms with van der Waals surface area (Å²) in [5, 5.41) is 8.92. The van der Waals surface area contributed by atoms with Gasteiger partial charge in [0.15, 0.2) is 11.6 Å². The highest BCUT2D eigenvalue weighted by Gasteiger charge is 2.18. The Balaban J connectivity index is 0.000000412. The molecule has 2 aromatic carbocycles. The van der Waals surface area contributed by atoms with E-state index in [1.165, 1.54) is 32.1 Å². The molecular formula is C23H29F3N2O3. The molecule has 0 aromatic heterocycles. The Labute approximate surface area is 180 Å². The summed E-state index contributed by atoms with van der Waals surface area (Å²) >= 11 is 0. The van der Waals surface area contributed by atoms with Crippen LogP contribution in [-0.2, 0) is 22.7 Å². The summed E-state index contributed by atoms with van der Waals surface area (Å²) in [7, 11) is 0. The van der Waals surface area contributed by atoms with E-state index in [9.17, 15) is 18.0 Å². The summed E-state index contributed by atoms with van der Waals surface area (Å²) in [6, 6.07) is 10.0. The number of nitrogens with one attached hydrogen (secondary N) is 1. The van der Waals surface area contributed by atoms with Gasteiger partial charge in [0.05, 0.1) is 13.0 Å². The number of hydroxylamine groups is 1. The van der Waals surface area contributed by atoms with Gasteiger partial charge < -0.3 is 10.8 Å². The highest BCUT2D eigenvalue weighted by Crippen LogP contribution is 2.17. The fourth-order valence-electron chi connectivity index (χ4n) is 3.30. The number of carboxylic acids is 1. The van der Waals surface area contributed by atoms with Crippen molar-refractivity contribution in [2.24, 2.45) is 5.73 Å². The summed E-state index contributed by atoms with van der Waals surface area (Å²) in [5.41, 5.74) is 8.91. The van der Waals surface area contributed by atoms with E-state index >= 15 is 0 Å². The van der Waals surface area contributed by atoms with Crippen molar-refractivity contribution >= 4 is 5.97 Å². The van der Waals surface area contributed by atoms with E-state index in [1.54, 1.807) is 0 Å². The Morgan fingerprint density at radius 1 is 1.06 bits per heavy atom. The van der Waals surface area contributed by atoms with Gasteiger partial charge in [-0.1, -0.05) is 49.6 Å². The first kappa shape index (κ1) is 24.8. The van der Waals surface area contributed by atoms with Crippen molar-refractivity contribution in [1.82, 2.24) is 5.48 Å². The summed E-state index contributed by atoms with van der Waals surface area (Å²) in [6.07, 6.45) is 6.13. The molecule has 1 fully saturated rings. The second-order valence-corrected chi connectivity index (χ2v) is 7.65. The fraction of sp³-hybridized carbons (Fsp3) is 0.435. The first-order valence-electron chi connectivity index (χ1n) is 10.4. The predicted molar refractivity (Wildman–Crippen MR) is 111 cm³/mol. The lowest BCUT2D eigenvalue weighted by atomic mass is 9.97. The molecule has 0 amide bonds. The molecule has 3 rings (SSSR count). The zero-order valence-corrected chi connectivity index (χ0v) is 17.3. The molecule has 0 bridgehead atoms. The van der Waals surface area contributed by atoms with Gasteiger partial charge in [-0.2, -0.15) is 5.48 Å².